The summed E-state index contributed by atoms with van der Waals surface area (Å²) in [7, 11) is 0. The zero-order valence-electron chi connectivity index (χ0n) is 10.2. The maximum atomic E-state index is 5.44. The van der Waals surface area contributed by atoms with Gasteiger partial charge in [-0.05, 0) is 49.4 Å². The Kier molecular flexibility index (Phi) is 2.73. The summed E-state index contributed by atoms with van der Waals surface area (Å²) in [5.41, 5.74) is 2.06. The van der Waals surface area contributed by atoms with Crippen molar-refractivity contribution in [3.8, 4) is 11.4 Å². The molecule has 90 valence electrons. The van der Waals surface area contributed by atoms with Gasteiger partial charge in [0.2, 0.25) is 0 Å². The highest BCUT2D eigenvalue weighted by molar-refractivity contribution is 5.77. The summed E-state index contributed by atoms with van der Waals surface area (Å²) in [4.78, 5) is 4.41. The highest BCUT2D eigenvalue weighted by Crippen LogP contribution is 2.20. The Bertz CT molecular complexity index is 656. The van der Waals surface area contributed by atoms with Gasteiger partial charge >= 0.3 is 0 Å². The molecule has 0 aliphatic carbocycles. The van der Waals surface area contributed by atoms with Gasteiger partial charge in [-0.1, -0.05) is 0 Å². The Morgan fingerprint density at radius 1 is 1.11 bits per heavy atom. The van der Waals surface area contributed by atoms with Crippen LogP contribution in [0.25, 0.3) is 16.7 Å². The van der Waals surface area contributed by atoms with Gasteiger partial charge in [-0.15, -0.1) is 0 Å². The van der Waals surface area contributed by atoms with Crippen molar-refractivity contribution >= 4 is 11.0 Å². The second-order valence-corrected chi connectivity index (χ2v) is 4.03. The molecule has 3 heteroatoms. The predicted molar refractivity (Wildman–Crippen MR) is 72.2 cm³/mol. The fraction of sp³-hybridized carbons (Fsp3) is 0.133. The van der Waals surface area contributed by atoms with Gasteiger partial charge < -0.3 is 9.30 Å². The van der Waals surface area contributed by atoms with Gasteiger partial charge in [0.1, 0.15) is 11.4 Å². The molecular weight excluding hydrogens is 224 g/mol. The van der Waals surface area contributed by atoms with E-state index in [-0.39, 0.29) is 0 Å². The van der Waals surface area contributed by atoms with E-state index in [1.807, 2.05) is 49.6 Å². The lowest BCUT2D eigenvalue weighted by atomic mass is 10.3. The molecule has 0 aliphatic heterocycles. The van der Waals surface area contributed by atoms with Gasteiger partial charge in [0.25, 0.3) is 0 Å². The molecular formula is C15H14N2O. The van der Waals surface area contributed by atoms with Crippen molar-refractivity contribution < 1.29 is 4.74 Å². The Morgan fingerprint density at radius 2 is 1.94 bits per heavy atom. The number of hydrogen-bond donors (Lipinski definition) is 0. The average Bonchev–Trinajstić information content (AvgIpc) is 2.84. The van der Waals surface area contributed by atoms with Gasteiger partial charge in [0.05, 0.1) is 6.61 Å². The topological polar surface area (TPSA) is 27.1 Å². The second-order valence-electron chi connectivity index (χ2n) is 4.03. The van der Waals surface area contributed by atoms with Gasteiger partial charge in [0.15, 0.2) is 0 Å². The molecule has 3 rings (SSSR count). The lowest BCUT2D eigenvalue weighted by molar-refractivity contribution is 0.340. The molecule has 18 heavy (non-hydrogen) atoms. The van der Waals surface area contributed by atoms with Crippen LogP contribution >= 0.6 is 0 Å². The van der Waals surface area contributed by atoms with Crippen LogP contribution in [0.1, 0.15) is 6.92 Å². The summed E-state index contributed by atoms with van der Waals surface area (Å²) < 4.78 is 7.52. The Balaban J connectivity index is 2.03. The molecule has 0 bridgehead atoms. The number of pyridine rings is 1. The van der Waals surface area contributed by atoms with Crippen molar-refractivity contribution in [3.63, 3.8) is 0 Å². The molecule has 0 saturated carbocycles. The lowest BCUT2D eigenvalue weighted by Crippen LogP contribution is -1.95. The Labute approximate surface area is 106 Å². The van der Waals surface area contributed by atoms with E-state index in [1.54, 1.807) is 0 Å². The number of benzene rings is 1. The van der Waals surface area contributed by atoms with Gasteiger partial charge in [-0.3, -0.25) is 0 Å². The Morgan fingerprint density at radius 3 is 2.72 bits per heavy atom. The first-order valence-corrected chi connectivity index (χ1v) is 6.04. The third-order valence-electron chi connectivity index (χ3n) is 2.87. The summed E-state index contributed by atoms with van der Waals surface area (Å²) in [6.45, 7) is 2.67. The molecule has 0 spiro atoms. The number of hydrogen-bond acceptors (Lipinski definition) is 2. The molecule has 0 radical (unpaired) electrons. The highest BCUT2D eigenvalue weighted by atomic mass is 16.5. The number of aromatic nitrogens is 2. The van der Waals surface area contributed by atoms with E-state index >= 15 is 0 Å². The van der Waals surface area contributed by atoms with Gasteiger partial charge in [0, 0.05) is 23.5 Å². The molecule has 0 N–H and O–H groups in total. The standard InChI is InChI=1S/C15H14N2O/c1-2-18-14-7-5-13(6-8-14)17-11-9-12-4-3-10-16-15(12)17/h3-11H,2H2,1H3. The molecule has 2 heterocycles. The van der Waals surface area contributed by atoms with Crippen LogP contribution in [0.4, 0.5) is 0 Å². The highest BCUT2D eigenvalue weighted by Gasteiger charge is 2.03. The first-order valence-electron chi connectivity index (χ1n) is 6.04. The SMILES string of the molecule is CCOc1ccc(-n2ccc3cccnc32)cc1. The first kappa shape index (κ1) is 10.8. The molecule has 0 unspecified atom stereocenters. The molecule has 3 aromatic rings. The van der Waals surface area contributed by atoms with Crippen LogP contribution in [0.5, 0.6) is 5.75 Å². The zero-order valence-corrected chi connectivity index (χ0v) is 10.2. The third-order valence-corrected chi connectivity index (χ3v) is 2.87. The van der Waals surface area contributed by atoms with E-state index in [0.29, 0.717) is 6.61 Å². The molecule has 0 amide bonds. The van der Waals surface area contributed by atoms with Crippen LogP contribution in [0.15, 0.2) is 54.9 Å². The van der Waals surface area contributed by atoms with Crippen molar-refractivity contribution in [1.29, 1.82) is 0 Å². The minimum atomic E-state index is 0.688. The predicted octanol–water partition coefficient (Wildman–Crippen LogP) is 3.42. The van der Waals surface area contributed by atoms with Crippen LogP contribution in [0.3, 0.4) is 0 Å². The maximum absolute atomic E-state index is 5.44. The number of rotatable bonds is 3. The molecule has 0 saturated heterocycles. The van der Waals surface area contributed by atoms with Crippen molar-refractivity contribution in [2.45, 2.75) is 6.92 Å². The monoisotopic (exact) mass is 238 g/mol. The van der Waals surface area contributed by atoms with E-state index < -0.39 is 0 Å². The largest absolute Gasteiger partial charge is 0.494 e. The zero-order chi connectivity index (χ0) is 12.4. The summed E-state index contributed by atoms with van der Waals surface area (Å²) >= 11 is 0. The summed E-state index contributed by atoms with van der Waals surface area (Å²) in [6.07, 6.45) is 3.85. The van der Waals surface area contributed by atoms with Crippen LogP contribution in [-0.2, 0) is 0 Å². The summed E-state index contributed by atoms with van der Waals surface area (Å²) in [5.74, 6) is 0.894. The van der Waals surface area contributed by atoms with Crippen molar-refractivity contribution in [1.82, 2.24) is 9.55 Å². The van der Waals surface area contributed by atoms with Crippen LogP contribution in [0.2, 0.25) is 0 Å². The van der Waals surface area contributed by atoms with E-state index in [1.165, 1.54) is 0 Å². The molecule has 3 nitrogen and oxygen atoms in total. The van der Waals surface area contributed by atoms with E-state index in [4.69, 9.17) is 4.74 Å². The average molecular weight is 238 g/mol. The van der Waals surface area contributed by atoms with E-state index in [0.717, 1.165) is 22.5 Å². The van der Waals surface area contributed by atoms with Crippen molar-refractivity contribution in [3.05, 3.63) is 54.9 Å². The minimum Gasteiger partial charge on any atom is -0.494 e. The van der Waals surface area contributed by atoms with Gasteiger partial charge in [-0.2, -0.15) is 0 Å². The van der Waals surface area contributed by atoms with E-state index in [2.05, 4.69) is 21.7 Å². The normalized spacial score (nSPS) is 10.7. The maximum Gasteiger partial charge on any atom is 0.144 e. The first-order chi connectivity index (χ1) is 8.88. The molecule has 0 aliphatic rings. The Hall–Kier alpha value is -2.29. The van der Waals surface area contributed by atoms with Crippen LogP contribution < -0.4 is 4.74 Å². The molecule has 0 fully saturated rings. The lowest BCUT2D eigenvalue weighted by Gasteiger charge is -2.06. The fourth-order valence-corrected chi connectivity index (χ4v) is 2.04. The van der Waals surface area contributed by atoms with Crippen LogP contribution in [0, 0.1) is 0 Å². The van der Waals surface area contributed by atoms with Crippen molar-refractivity contribution in [2.75, 3.05) is 6.61 Å². The van der Waals surface area contributed by atoms with Gasteiger partial charge in [-0.25, -0.2) is 4.98 Å². The number of nitrogens with zero attached hydrogens (tertiary/aromatic N) is 2. The summed E-state index contributed by atoms with van der Waals surface area (Å²) in [6, 6.07) is 14.1. The van der Waals surface area contributed by atoms with E-state index in [9.17, 15) is 0 Å². The quantitative estimate of drug-likeness (QED) is 0.699. The second kappa shape index (κ2) is 4.53. The third kappa shape index (κ3) is 1.84. The molecule has 0 atom stereocenters. The molecule has 2 aromatic heterocycles. The minimum absolute atomic E-state index is 0.688. The van der Waals surface area contributed by atoms with Crippen LogP contribution in [-0.4, -0.2) is 16.2 Å². The molecule has 1 aromatic carbocycles. The smallest absolute Gasteiger partial charge is 0.144 e. The summed E-state index contributed by atoms with van der Waals surface area (Å²) in [5, 5.41) is 1.14. The number of ether oxygens (including phenoxy) is 1. The fourth-order valence-electron chi connectivity index (χ4n) is 2.04. The van der Waals surface area contributed by atoms with Crippen molar-refractivity contribution in [2.24, 2.45) is 0 Å². The number of fused-ring (bicyclic) bond motifs is 1.